The van der Waals surface area contributed by atoms with E-state index in [0.717, 1.165) is 30.0 Å². The van der Waals surface area contributed by atoms with E-state index < -0.39 is 15.9 Å². The summed E-state index contributed by atoms with van der Waals surface area (Å²) in [7, 11) is -3.86. The molecule has 0 radical (unpaired) electrons. The van der Waals surface area contributed by atoms with E-state index in [1.807, 2.05) is 18.2 Å². The summed E-state index contributed by atoms with van der Waals surface area (Å²) in [5, 5.41) is 13.7. The summed E-state index contributed by atoms with van der Waals surface area (Å²) >= 11 is 7.28. The topological polar surface area (TPSA) is 102 Å². The molecule has 3 aromatic carbocycles. The molecule has 1 amide bonds. The third kappa shape index (κ3) is 5.74. The van der Waals surface area contributed by atoms with Gasteiger partial charge in [0.1, 0.15) is 11.1 Å². The number of nitrogens with zero attached hydrogens (tertiary/aromatic N) is 2. The van der Waals surface area contributed by atoms with Crippen molar-refractivity contribution in [3.8, 4) is 6.07 Å². The van der Waals surface area contributed by atoms with Gasteiger partial charge in [0, 0.05) is 40.8 Å². The minimum atomic E-state index is -3.86. The number of thiophene rings is 1. The van der Waals surface area contributed by atoms with Crippen LogP contribution in [0.3, 0.4) is 0 Å². The Bertz CT molecular complexity index is 1630. The van der Waals surface area contributed by atoms with Crippen molar-refractivity contribution in [1.29, 1.82) is 5.26 Å². The number of benzene rings is 3. The van der Waals surface area contributed by atoms with Gasteiger partial charge in [-0.05, 0) is 60.0 Å². The number of anilines is 2. The number of halogens is 1. The highest BCUT2D eigenvalue weighted by Gasteiger charge is 2.26. The zero-order valence-corrected chi connectivity index (χ0v) is 22.5. The zero-order valence-electron chi connectivity index (χ0n) is 20.1. The molecule has 1 aliphatic heterocycles. The molecule has 192 valence electrons. The fourth-order valence-corrected chi connectivity index (χ4v) is 6.78. The first-order valence-corrected chi connectivity index (χ1v) is 14.5. The first-order valence-electron chi connectivity index (χ1n) is 11.8. The maximum atomic E-state index is 13.1. The van der Waals surface area contributed by atoms with Gasteiger partial charge >= 0.3 is 0 Å². The smallest absolute Gasteiger partial charge is 0.261 e. The van der Waals surface area contributed by atoms with E-state index in [9.17, 15) is 18.5 Å². The standard InChI is InChI=1S/C28H23ClN4O3S2/c29-21-9-11-23(12-10-21)38(35,36)32-22-8-4-7-20(15-22)27(34)31-28-25(16-30)24-13-14-33(18-26(24)37-28)17-19-5-2-1-3-6-19/h1-12,15,32H,13-14,17-18H2,(H,31,34). The fraction of sp³-hybridized carbons (Fsp3) is 0.143. The highest BCUT2D eigenvalue weighted by Crippen LogP contribution is 2.37. The molecule has 4 aromatic rings. The zero-order chi connectivity index (χ0) is 26.7. The Morgan fingerprint density at radius 1 is 1.05 bits per heavy atom. The van der Waals surface area contributed by atoms with Gasteiger partial charge in [-0.3, -0.25) is 14.4 Å². The first kappa shape index (κ1) is 25.9. The molecule has 2 heterocycles. The second kappa shape index (κ2) is 11.0. The molecule has 10 heteroatoms. The highest BCUT2D eigenvalue weighted by molar-refractivity contribution is 7.92. The van der Waals surface area contributed by atoms with Crippen LogP contribution in [0.5, 0.6) is 0 Å². The number of nitriles is 1. The van der Waals surface area contributed by atoms with Crippen LogP contribution in [0.4, 0.5) is 10.7 Å². The molecule has 7 nitrogen and oxygen atoms in total. The van der Waals surface area contributed by atoms with E-state index >= 15 is 0 Å². The van der Waals surface area contributed by atoms with Crippen molar-refractivity contribution < 1.29 is 13.2 Å². The number of carbonyl (C=O) groups is 1. The molecule has 1 aromatic heterocycles. The Balaban J connectivity index is 1.31. The van der Waals surface area contributed by atoms with Crippen LogP contribution in [-0.4, -0.2) is 25.8 Å². The lowest BCUT2D eigenvalue weighted by molar-refractivity contribution is 0.102. The molecule has 0 bridgehead atoms. The van der Waals surface area contributed by atoms with Crippen molar-refractivity contribution in [2.75, 3.05) is 16.6 Å². The van der Waals surface area contributed by atoms with E-state index in [1.165, 1.54) is 47.2 Å². The molecule has 0 saturated carbocycles. The van der Waals surface area contributed by atoms with Crippen molar-refractivity contribution in [3.63, 3.8) is 0 Å². The molecule has 0 saturated heterocycles. The third-order valence-corrected chi connectivity index (χ3v) is 9.01. The maximum absolute atomic E-state index is 13.1. The number of nitrogens with one attached hydrogen (secondary N) is 2. The average Bonchev–Trinajstić information content (AvgIpc) is 3.25. The van der Waals surface area contributed by atoms with Crippen LogP contribution >= 0.6 is 22.9 Å². The Kier molecular flexibility index (Phi) is 7.49. The third-order valence-electron chi connectivity index (χ3n) is 6.22. The van der Waals surface area contributed by atoms with E-state index in [2.05, 4.69) is 33.1 Å². The van der Waals surface area contributed by atoms with E-state index in [-0.39, 0.29) is 16.1 Å². The number of amides is 1. The fourth-order valence-electron chi connectivity index (χ4n) is 4.37. The van der Waals surface area contributed by atoms with Crippen LogP contribution in [0.1, 0.15) is 31.9 Å². The maximum Gasteiger partial charge on any atom is 0.261 e. The van der Waals surface area contributed by atoms with Crippen molar-refractivity contribution >= 4 is 49.6 Å². The molecule has 38 heavy (non-hydrogen) atoms. The Morgan fingerprint density at radius 3 is 2.55 bits per heavy atom. The van der Waals surface area contributed by atoms with Gasteiger partial charge in [0.05, 0.1) is 10.5 Å². The van der Waals surface area contributed by atoms with Gasteiger partial charge in [-0.15, -0.1) is 11.3 Å². The molecule has 0 aliphatic carbocycles. The molecular formula is C28H23ClN4O3S2. The van der Waals surface area contributed by atoms with Crippen LogP contribution in [0.15, 0.2) is 83.8 Å². The minimum absolute atomic E-state index is 0.0564. The molecular weight excluding hydrogens is 540 g/mol. The van der Waals surface area contributed by atoms with E-state index in [1.54, 1.807) is 18.2 Å². The van der Waals surface area contributed by atoms with Crippen LogP contribution in [-0.2, 0) is 29.5 Å². The van der Waals surface area contributed by atoms with E-state index in [4.69, 9.17) is 11.6 Å². The highest BCUT2D eigenvalue weighted by atomic mass is 35.5. The molecule has 0 fully saturated rings. The first-order chi connectivity index (χ1) is 18.3. The van der Waals surface area contributed by atoms with Crippen LogP contribution < -0.4 is 10.0 Å². The lowest BCUT2D eigenvalue weighted by atomic mass is 10.0. The summed E-state index contributed by atoms with van der Waals surface area (Å²) in [5.74, 6) is -0.422. The normalized spacial score (nSPS) is 13.4. The number of fused-ring (bicyclic) bond motifs is 1. The van der Waals surface area contributed by atoms with Crippen LogP contribution in [0.25, 0.3) is 0 Å². The van der Waals surface area contributed by atoms with Gasteiger partial charge in [-0.25, -0.2) is 8.42 Å². The monoisotopic (exact) mass is 562 g/mol. The summed E-state index contributed by atoms with van der Waals surface area (Å²) in [6.45, 7) is 2.36. The van der Waals surface area contributed by atoms with Gasteiger partial charge in [0.25, 0.3) is 15.9 Å². The van der Waals surface area contributed by atoms with Gasteiger partial charge in [-0.1, -0.05) is 48.0 Å². The van der Waals surface area contributed by atoms with Gasteiger partial charge in [0.15, 0.2) is 0 Å². The second-order valence-electron chi connectivity index (χ2n) is 8.86. The molecule has 5 rings (SSSR count). The molecule has 1 aliphatic rings. The second-order valence-corrected chi connectivity index (χ2v) is 12.1. The summed E-state index contributed by atoms with van der Waals surface area (Å²) in [6, 6.07) is 24.5. The number of sulfonamides is 1. The van der Waals surface area contributed by atoms with Gasteiger partial charge < -0.3 is 5.32 Å². The SMILES string of the molecule is N#Cc1c(NC(=O)c2cccc(NS(=O)(=O)c3ccc(Cl)cc3)c2)sc2c1CCN(Cc1ccccc1)C2. The summed E-state index contributed by atoms with van der Waals surface area (Å²) < 4.78 is 28.0. The number of hydrogen-bond acceptors (Lipinski definition) is 6. The number of rotatable bonds is 7. The van der Waals surface area contributed by atoms with Crippen molar-refractivity contribution in [2.45, 2.75) is 24.4 Å². The Hall–Kier alpha value is -3.68. The van der Waals surface area contributed by atoms with Crippen molar-refractivity contribution in [1.82, 2.24) is 4.90 Å². The molecule has 0 atom stereocenters. The summed E-state index contributed by atoms with van der Waals surface area (Å²) in [5.41, 5.74) is 3.23. The van der Waals surface area contributed by atoms with Crippen molar-refractivity contribution in [3.05, 3.63) is 111 Å². The quantitative estimate of drug-likeness (QED) is 0.293. The Labute approximate surface area is 230 Å². The van der Waals surface area contributed by atoms with Gasteiger partial charge in [-0.2, -0.15) is 5.26 Å². The molecule has 2 N–H and O–H groups in total. The van der Waals surface area contributed by atoms with Gasteiger partial charge in [0.2, 0.25) is 0 Å². The molecule has 0 unspecified atom stereocenters. The summed E-state index contributed by atoms with van der Waals surface area (Å²) in [6.07, 6.45) is 0.736. The predicted molar refractivity (Wildman–Crippen MR) is 150 cm³/mol. The average molecular weight is 563 g/mol. The lowest BCUT2D eigenvalue weighted by Crippen LogP contribution is -2.29. The molecule has 0 spiro atoms. The van der Waals surface area contributed by atoms with Crippen LogP contribution in [0, 0.1) is 11.3 Å². The summed E-state index contributed by atoms with van der Waals surface area (Å²) in [4.78, 5) is 16.6. The lowest BCUT2D eigenvalue weighted by Gasteiger charge is -2.26. The minimum Gasteiger partial charge on any atom is -0.312 e. The Morgan fingerprint density at radius 2 is 1.82 bits per heavy atom. The number of carbonyl (C=O) groups excluding carboxylic acids is 1. The van der Waals surface area contributed by atoms with E-state index in [0.29, 0.717) is 22.1 Å². The van der Waals surface area contributed by atoms with Crippen LogP contribution in [0.2, 0.25) is 5.02 Å². The van der Waals surface area contributed by atoms with Crippen molar-refractivity contribution in [2.24, 2.45) is 0 Å². The number of hydrogen-bond donors (Lipinski definition) is 2. The predicted octanol–water partition coefficient (Wildman–Crippen LogP) is 5.88. The largest absolute Gasteiger partial charge is 0.312 e.